The molecule has 2 heterocycles. The van der Waals surface area contributed by atoms with Crippen LogP contribution in [0, 0.1) is 28.7 Å². The van der Waals surface area contributed by atoms with Crippen LogP contribution in [0.15, 0.2) is 42.6 Å². The lowest BCUT2D eigenvalue weighted by atomic mass is 10.1. The van der Waals surface area contributed by atoms with Gasteiger partial charge in [-0.1, -0.05) is 12.1 Å². The van der Waals surface area contributed by atoms with Crippen LogP contribution in [0.5, 0.6) is 11.5 Å². The van der Waals surface area contributed by atoms with Gasteiger partial charge in [-0.15, -0.1) is 0 Å². The smallest absolute Gasteiger partial charge is 0.292 e. The Labute approximate surface area is 191 Å². The number of benzene rings is 2. The van der Waals surface area contributed by atoms with Gasteiger partial charge in [-0.3, -0.25) is 14.9 Å². The predicted octanol–water partition coefficient (Wildman–Crippen LogP) is 5.05. The number of carbonyl (C=O) groups is 1. The van der Waals surface area contributed by atoms with E-state index in [1.165, 1.54) is 32.5 Å². The number of carbonyl (C=O) groups excluding carboxylic acids is 1. The molecule has 0 fully saturated rings. The number of anilines is 2. The summed E-state index contributed by atoms with van der Waals surface area (Å²) < 4.78 is 39.3. The Morgan fingerprint density at radius 1 is 1.12 bits per heavy atom. The second-order valence-corrected chi connectivity index (χ2v) is 7.30. The molecular weight excluding hydrogens is 450 g/mol. The molecule has 0 aliphatic carbocycles. The van der Waals surface area contributed by atoms with Crippen molar-refractivity contribution in [2.75, 3.05) is 19.5 Å². The van der Waals surface area contributed by atoms with Gasteiger partial charge in [-0.2, -0.15) is 0 Å². The van der Waals surface area contributed by atoms with E-state index in [0.29, 0.717) is 16.5 Å². The number of nitrogens with one attached hydrogen (secondary N) is 2. The minimum atomic E-state index is -1.16. The number of halogens is 2. The molecule has 174 valence electrons. The van der Waals surface area contributed by atoms with Crippen molar-refractivity contribution in [1.82, 2.24) is 9.97 Å². The van der Waals surface area contributed by atoms with E-state index in [1.54, 1.807) is 25.1 Å². The lowest BCUT2D eigenvalue weighted by molar-refractivity contribution is -0.384. The van der Waals surface area contributed by atoms with Crippen LogP contribution in [0.25, 0.3) is 10.9 Å². The topological polar surface area (TPSA) is 119 Å². The van der Waals surface area contributed by atoms with Gasteiger partial charge in [0.15, 0.2) is 23.1 Å². The molecule has 0 spiro atoms. The Bertz CT molecular complexity index is 1420. The number of hydrogen-bond acceptors (Lipinski definition) is 7. The summed E-state index contributed by atoms with van der Waals surface area (Å²) in [5, 5.41) is 14.8. The highest BCUT2D eigenvalue weighted by molar-refractivity contribution is 6.11. The molecule has 9 nitrogen and oxygen atoms in total. The second kappa shape index (κ2) is 8.77. The number of aryl methyl sites for hydroxylation is 1. The average Bonchev–Trinajstić information content (AvgIpc) is 3.24. The molecule has 11 heteroatoms. The summed E-state index contributed by atoms with van der Waals surface area (Å²) in [5.41, 5.74) is 0.292. The van der Waals surface area contributed by atoms with Crippen molar-refractivity contribution < 1.29 is 28.0 Å². The number of methoxy groups -OCH3 is 2. The molecule has 0 atom stereocenters. The van der Waals surface area contributed by atoms with Gasteiger partial charge in [-0.25, -0.2) is 13.8 Å². The molecule has 0 saturated heterocycles. The molecule has 2 aromatic heterocycles. The van der Waals surface area contributed by atoms with E-state index in [2.05, 4.69) is 15.3 Å². The van der Waals surface area contributed by atoms with E-state index < -0.39 is 27.9 Å². The van der Waals surface area contributed by atoms with E-state index in [1.807, 2.05) is 0 Å². The number of pyridine rings is 1. The van der Waals surface area contributed by atoms with Crippen molar-refractivity contribution in [3.63, 3.8) is 0 Å². The van der Waals surface area contributed by atoms with Crippen LogP contribution in [0.1, 0.15) is 21.6 Å². The van der Waals surface area contributed by atoms with Crippen molar-refractivity contribution in [3.8, 4) is 11.5 Å². The van der Waals surface area contributed by atoms with Crippen molar-refractivity contribution in [1.29, 1.82) is 0 Å². The minimum Gasteiger partial charge on any atom is -0.494 e. The van der Waals surface area contributed by atoms with E-state index in [9.17, 15) is 23.7 Å². The summed E-state index contributed by atoms with van der Waals surface area (Å²) in [5.74, 6) is -3.67. The maximum absolute atomic E-state index is 14.8. The molecule has 0 radical (unpaired) electrons. The summed E-state index contributed by atoms with van der Waals surface area (Å²) >= 11 is 0. The summed E-state index contributed by atoms with van der Waals surface area (Å²) in [6.07, 6.45) is 1.40. The van der Waals surface area contributed by atoms with Gasteiger partial charge in [0.2, 0.25) is 5.78 Å². The molecule has 0 aliphatic heterocycles. The lowest BCUT2D eigenvalue weighted by Crippen LogP contribution is -2.10. The number of H-pyrrole nitrogens is 1. The average molecular weight is 468 g/mol. The zero-order valence-corrected chi connectivity index (χ0v) is 18.2. The normalized spacial score (nSPS) is 10.9. The molecule has 0 saturated carbocycles. The van der Waals surface area contributed by atoms with Crippen molar-refractivity contribution in [2.24, 2.45) is 0 Å². The van der Waals surface area contributed by atoms with Gasteiger partial charge in [0.05, 0.1) is 36.6 Å². The Morgan fingerprint density at radius 3 is 2.41 bits per heavy atom. The fourth-order valence-electron chi connectivity index (χ4n) is 3.54. The highest BCUT2D eigenvalue weighted by Gasteiger charge is 2.27. The summed E-state index contributed by atoms with van der Waals surface area (Å²) in [6.45, 7) is 1.71. The SMILES string of the molecule is COc1cc(OC)c(F)c(C(=O)c2cc3cc(Nc4c(C)cccc4[N+](=O)[O-])ncc3[nH]2)c1F. The fourth-order valence-corrected chi connectivity index (χ4v) is 3.54. The molecule has 0 amide bonds. The molecule has 0 bridgehead atoms. The molecule has 4 aromatic rings. The minimum absolute atomic E-state index is 0.0936. The van der Waals surface area contributed by atoms with Crippen molar-refractivity contribution in [2.45, 2.75) is 6.92 Å². The molecule has 2 aromatic carbocycles. The number of ether oxygens (including phenoxy) is 2. The number of ketones is 1. The number of hydrogen-bond donors (Lipinski definition) is 2. The fraction of sp³-hybridized carbons (Fsp3) is 0.130. The number of nitro benzene ring substituents is 1. The number of fused-ring (bicyclic) bond motifs is 1. The van der Waals surface area contributed by atoms with Gasteiger partial charge in [0.25, 0.3) is 5.69 Å². The first kappa shape index (κ1) is 22.6. The standard InChI is InChI=1S/C23H18F2N4O5/c1-11-5-4-6-15(29(31)32)22(11)28-18-8-12-7-13(27-14(12)10-26-18)23(30)19-20(24)16(33-2)9-17(34-3)21(19)25/h4-10,27H,1-3H3,(H,26,28). The van der Waals surface area contributed by atoms with Crippen LogP contribution < -0.4 is 14.8 Å². The summed E-state index contributed by atoms with van der Waals surface area (Å²) in [4.78, 5) is 30.9. The molecule has 0 unspecified atom stereocenters. The number of rotatable bonds is 7. The maximum Gasteiger partial charge on any atom is 0.292 e. The van der Waals surface area contributed by atoms with E-state index in [0.717, 1.165) is 6.07 Å². The van der Waals surface area contributed by atoms with Crippen LogP contribution in [0.3, 0.4) is 0 Å². The zero-order chi connectivity index (χ0) is 24.6. The van der Waals surface area contributed by atoms with E-state index >= 15 is 0 Å². The van der Waals surface area contributed by atoms with Gasteiger partial charge in [-0.05, 0) is 24.6 Å². The third-order valence-electron chi connectivity index (χ3n) is 5.25. The van der Waals surface area contributed by atoms with E-state index in [4.69, 9.17) is 9.47 Å². The molecular formula is C23H18F2N4O5. The number of aromatic amines is 1. The summed E-state index contributed by atoms with van der Waals surface area (Å²) in [6, 6.07) is 8.63. The first-order valence-electron chi connectivity index (χ1n) is 9.89. The van der Waals surface area contributed by atoms with Crippen LogP contribution in [0.2, 0.25) is 0 Å². The number of nitrogens with zero attached hydrogens (tertiary/aromatic N) is 2. The first-order chi connectivity index (χ1) is 16.2. The second-order valence-electron chi connectivity index (χ2n) is 7.30. The third kappa shape index (κ3) is 3.87. The number of nitro groups is 1. The Hall–Kier alpha value is -4.54. The lowest BCUT2D eigenvalue weighted by Gasteiger charge is -2.11. The summed E-state index contributed by atoms with van der Waals surface area (Å²) in [7, 11) is 2.37. The highest BCUT2D eigenvalue weighted by Crippen LogP contribution is 2.34. The van der Waals surface area contributed by atoms with Gasteiger partial charge in [0.1, 0.15) is 17.1 Å². The largest absolute Gasteiger partial charge is 0.494 e. The third-order valence-corrected chi connectivity index (χ3v) is 5.25. The van der Waals surface area contributed by atoms with Crippen LogP contribution in [-0.4, -0.2) is 34.9 Å². The number of para-hydroxylation sites is 1. The van der Waals surface area contributed by atoms with Gasteiger partial charge < -0.3 is 19.8 Å². The Balaban J connectivity index is 1.74. The van der Waals surface area contributed by atoms with Crippen LogP contribution >= 0.6 is 0 Å². The molecule has 0 aliphatic rings. The van der Waals surface area contributed by atoms with Gasteiger partial charge >= 0.3 is 0 Å². The Kier molecular flexibility index (Phi) is 5.84. The van der Waals surface area contributed by atoms with Crippen molar-refractivity contribution >= 4 is 33.9 Å². The van der Waals surface area contributed by atoms with Gasteiger partial charge in [0, 0.05) is 17.5 Å². The molecule has 34 heavy (non-hydrogen) atoms. The quantitative estimate of drug-likeness (QED) is 0.221. The molecule has 2 N–H and O–H groups in total. The van der Waals surface area contributed by atoms with E-state index in [-0.39, 0.29) is 34.4 Å². The van der Waals surface area contributed by atoms with Crippen LogP contribution in [0.4, 0.5) is 26.0 Å². The van der Waals surface area contributed by atoms with Crippen LogP contribution in [-0.2, 0) is 0 Å². The maximum atomic E-state index is 14.8. The predicted molar refractivity (Wildman–Crippen MR) is 120 cm³/mol. The number of aromatic nitrogens is 2. The monoisotopic (exact) mass is 468 g/mol. The van der Waals surface area contributed by atoms with Crippen molar-refractivity contribution in [3.05, 3.63) is 81.2 Å². The highest BCUT2D eigenvalue weighted by atomic mass is 19.1. The Morgan fingerprint density at radius 2 is 1.79 bits per heavy atom. The molecule has 4 rings (SSSR count). The first-order valence-corrected chi connectivity index (χ1v) is 9.89. The zero-order valence-electron chi connectivity index (χ0n) is 18.2.